The highest BCUT2D eigenvalue weighted by Crippen LogP contribution is 2.40. The highest BCUT2D eigenvalue weighted by atomic mass is 16.5. The van der Waals surface area contributed by atoms with E-state index in [4.69, 9.17) is 8.94 Å². The molecule has 0 aromatic carbocycles. The molecule has 0 aliphatic heterocycles. The molecule has 2 heterocycles. The highest BCUT2D eigenvalue weighted by Gasteiger charge is 2.29. The minimum Gasteiger partial charge on any atom is -0.472 e. The fraction of sp³-hybridized carbons (Fsp3) is 0.429. The Balaban J connectivity index is 1.57. The molecule has 1 unspecified atom stereocenters. The molecule has 1 fully saturated rings. The number of carbonyl (C=O) groups is 1. The zero-order chi connectivity index (χ0) is 13.2. The SMILES string of the molecule is CC(Cc1ccoc1)NC(=O)c1cc(C2CC2)on1. The van der Waals surface area contributed by atoms with Crippen molar-refractivity contribution < 1.29 is 13.7 Å². The molecule has 19 heavy (non-hydrogen) atoms. The molecule has 100 valence electrons. The lowest BCUT2D eigenvalue weighted by Crippen LogP contribution is -2.34. The third-order valence-electron chi connectivity index (χ3n) is 3.24. The van der Waals surface area contributed by atoms with Crippen LogP contribution >= 0.6 is 0 Å². The Labute approximate surface area is 111 Å². The van der Waals surface area contributed by atoms with Crippen LogP contribution < -0.4 is 5.32 Å². The minimum atomic E-state index is -0.188. The van der Waals surface area contributed by atoms with E-state index in [-0.39, 0.29) is 11.9 Å². The lowest BCUT2D eigenvalue weighted by atomic mass is 10.1. The number of hydrogen-bond donors (Lipinski definition) is 1. The Hall–Kier alpha value is -2.04. The predicted molar refractivity (Wildman–Crippen MR) is 67.8 cm³/mol. The van der Waals surface area contributed by atoms with E-state index in [1.165, 1.54) is 0 Å². The van der Waals surface area contributed by atoms with Gasteiger partial charge in [-0.05, 0) is 37.8 Å². The second kappa shape index (κ2) is 4.91. The largest absolute Gasteiger partial charge is 0.472 e. The first kappa shape index (κ1) is 12.0. The second-order valence-corrected chi connectivity index (χ2v) is 5.10. The fourth-order valence-corrected chi connectivity index (χ4v) is 2.07. The van der Waals surface area contributed by atoms with Gasteiger partial charge in [-0.15, -0.1) is 0 Å². The molecule has 1 aliphatic rings. The Morgan fingerprint density at radius 2 is 2.42 bits per heavy atom. The Morgan fingerprint density at radius 1 is 1.58 bits per heavy atom. The van der Waals surface area contributed by atoms with Gasteiger partial charge >= 0.3 is 0 Å². The molecule has 2 aromatic heterocycles. The molecular formula is C14H16N2O3. The Morgan fingerprint density at radius 3 is 3.11 bits per heavy atom. The average molecular weight is 260 g/mol. The normalized spacial score (nSPS) is 16.3. The van der Waals surface area contributed by atoms with Crippen molar-refractivity contribution in [2.24, 2.45) is 0 Å². The van der Waals surface area contributed by atoms with Gasteiger partial charge in [-0.25, -0.2) is 0 Å². The monoisotopic (exact) mass is 260 g/mol. The summed E-state index contributed by atoms with van der Waals surface area (Å²) in [7, 11) is 0. The molecule has 1 amide bonds. The summed E-state index contributed by atoms with van der Waals surface area (Å²) in [4.78, 5) is 12.0. The fourth-order valence-electron chi connectivity index (χ4n) is 2.07. The lowest BCUT2D eigenvalue weighted by molar-refractivity contribution is 0.0931. The Bertz CT molecular complexity index is 555. The number of aromatic nitrogens is 1. The summed E-state index contributed by atoms with van der Waals surface area (Å²) in [5.41, 5.74) is 1.42. The third kappa shape index (κ3) is 2.86. The van der Waals surface area contributed by atoms with Crippen LogP contribution in [-0.2, 0) is 6.42 Å². The molecule has 1 atom stereocenters. The van der Waals surface area contributed by atoms with E-state index in [1.807, 2.05) is 13.0 Å². The van der Waals surface area contributed by atoms with Crippen LogP contribution in [0.25, 0.3) is 0 Å². The van der Waals surface area contributed by atoms with Crippen molar-refractivity contribution in [1.29, 1.82) is 0 Å². The van der Waals surface area contributed by atoms with Gasteiger partial charge in [-0.1, -0.05) is 5.16 Å². The molecule has 1 saturated carbocycles. The summed E-state index contributed by atoms with van der Waals surface area (Å²) in [6.07, 6.45) is 6.31. The maximum atomic E-state index is 12.0. The second-order valence-electron chi connectivity index (χ2n) is 5.10. The van der Waals surface area contributed by atoms with Gasteiger partial charge in [0.25, 0.3) is 5.91 Å². The van der Waals surface area contributed by atoms with Crippen molar-refractivity contribution in [2.45, 2.75) is 38.1 Å². The minimum absolute atomic E-state index is 0.0196. The first-order chi connectivity index (χ1) is 9.22. The van der Waals surface area contributed by atoms with Crippen molar-refractivity contribution in [1.82, 2.24) is 10.5 Å². The first-order valence-corrected chi connectivity index (χ1v) is 6.51. The van der Waals surface area contributed by atoms with Crippen molar-refractivity contribution in [3.8, 4) is 0 Å². The van der Waals surface area contributed by atoms with E-state index in [1.54, 1.807) is 18.6 Å². The molecule has 3 rings (SSSR count). The third-order valence-corrected chi connectivity index (χ3v) is 3.24. The standard InChI is InChI=1S/C14H16N2O3/c1-9(6-10-4-5-18-8-10)15-14(17)12-7-13(19-16-12)11-2-3-11/h4-5,7-9,11H,2-3,6H2,1H3,(H,15,17). The van der Waals surface area contributed by atoms with Crippen LogP contribution in [0.1, 0.15) is 47.5 Å². The van der Waals surface area contributed by atoms with E-state index < -0.39 is 0 Å². The number of furan rings is 1. The summed E-state index contributed by atoms with van der Waals surface area (Å²) in [5.74, 6) is 1.11. The van der Waals surface area contributed by atoms with Gasteiger partial charge in [-0.3, -0.25) is 4.79 Å². The van der Waals surface area contributed by atoms with Crippen LogP contribution in [0.15, 0.2) is 33.6 Å². The van der Waals surface area contributed by atoms with Gasteiger partial charge in [0.05, 0.1) is 12.5 Å². The summed E-state index contributed by atoms with van der Waals surface area (Å²) >= 11 is 0. The van der Waals surface area contributed by atoms with E-state index in [0.29, 0.717) is 11.6 Å². The number of nitrogens with one attached hydrogen (secondary N) is 1. The zero-order valence-corrected chi connectivity index (χ0v) is 10.8. The van der Waals surface area contributed by atoms with E-state index in [0.717, 1.165) is 30.6 Å². The average Bonchev–Trinajstić information content (AvgIpc) is 2.91. The molecule has 0 spiro atoms. The molecule has 0 radical (unpaired) electrons. The van der Waals surface area contributed by atoms with E-state index >= 15 is 0 Å². The van der Waals surface area contributed by atoms with Crippen LogP contribution in [0, 0.1) is 0 Å². The topological polar surface area (TPSA) is 68.3 Å². The van der Waals surface area contributed by atoms with Crippen LogP contribution in [0.4, 0.5) is 0 Å². The predicted octanol–water partition coefficient (Wildman–Crippen LogP) is 2.51. The summed E-state index contributed by atoms with van der Waals surface area (Å²) < 4.78 is 10.2. The molecule has 5 heteroatoms. The maximum Gasteiger partial charge on any atom is 0.273 e. The van der Waals surface area contributed by atoms with E-state index in [9.17, 15) is 4.79 Å². The summed E-state index contributed by atoms with van der Waals surface area (Å²) in [6, 6.07) is 3.66. The molecule has 1 aliphatic carbocycles. The van der Waals surface area contributed by atoms with Crippen molar-refractivity contribution in [3.63, 3.8) is 0 Å². The molecule has 0 saturated heterocycles. The smallest absolute Gasteiger partial charge is 0.273 e. The summed E-state index contributed by atoms with van der Waals surface area (Å²) in [5, 5.41) is 6.73. The molecule has 2 aromatic rings. The maximum absolute atomic E-state index is 12.0. The van der Waals surface area contributed by atoms with Gasteiger partial charge in [0.15, 0.2) is 5.69 Å². The number of rotatable bonds is 5. The van der Waals surface area contributed by atoms with Crippen LogP contribution in [0.5, 0.6) is 0 Å². The van der Waals surface area contributed by atoms with Gasteiger partial charge in [-0.2, -0.15) is 0 Å². The number of amides is 1. The first-order valence-electron chi connectivity index (χ1n) is 6.51. The van der Waals surface area contributed by atoms with Crippen molar-refractivity contribution >= 4 is 5.91 Å². The van der Waals surface area contributed by atoms with E-state index in [2.05, 4.69) is 10.5 Å². The number of nitrogens with zero attached hydrogens (tertiary/aromatic N) is 1. The van der Waals surface area contributed by atoms with Crippen molar-refractivity contribution in [3.05, 3.63) is 41.7 Å². The van der Waals surface area contributed by atoms with Crippen LogP contribution in [-0.4, -0.2) is 17.1 Å². The lowest BCUT2D eigenvalue weighted by Gasteiger charge is -2.11. The summed E-state index contributed by atoms with van der Waals surface area (Å²) in [6.45, 7) is 1.95. The molecular weight excluding hydrogens is 244 g/mol. The van der Waals surface area contributed by atoms with Gasteiger partial charge in [0.1, 0.15) is 5.76 Å². The van der Waals surface area contributed by atoms with Crippen molar-refractivity contribution in [2.75, 3.05) is 0 Å². The molecule has 5 nitrogen and oxygen atoms in total. The van der Waals surface area contributed by atoms with Gasteiger partial charge in [0, 0.05) is 18.0 Å². The zero-order valence-electron chi connectivity index (χ0n) is 10.8. The number of carbonyl (C=O) groups excluding carboxylic acids is 1. The van der Waals surface area contributed by atoms with Gasteiger partial charge < -0.3 is 14.3 Å². The highest BCUT2D eigenvalue weighted by molar-refractivity contribution is 5.92. The molecule has 0 bridgehead atoms. The van der Waals surface area contributed by atoms with Crippen LogP contribution in [0.3, 0.4) is 0 Å². The Kier molecular flexibility index (Phi) is 3.11. The van der Waals surface area contributed by atoms with Gasteiger partial charge in [0.2, 0.25) is 0 Å². The molecule has 1 N–H and O–H groups in total. The quantitative estimate of drug-likeness (QED) is 0.896. The van der Waals surface area contributed by atoms with Crippen LogP contribution in [0.2, 0.25) is 0 Å². The number of hydrogen-bond acceptors (Lipinski definition) is 4.